The van der Waals surface area contributed by atoms with E-state index >= 15 is 0 Å². The maximum atomic E-state index is 11.6. The lowest BCUT2D eigenvalue weighted by Gasteiger charge is -2.30. The van der Waals surface area contributed by atoms with E-state index in [2.05, 4.69) is 5.92 Å². The van der Waals surface area contributed by atoms with Gasteiger partial charge >= 0.3 is 6.09 Å². The van der Waals surface area contributed by atoms with Crippen molar-refractivity contribution in [2.75, 3.05) is 6.61 Å². The molecular weight excluding hydrogens is 206 g/mol. The molecule has 0 aliphatic heterocycles. The number of hydrogen-bond acceptors (Lipinski definition) is 3. The van der Waals surface area contributed by atoms with Crippen molar-refractivity contribution in [1.29, 1.82) is 0 Å². The van der Waals surface area contributed by atoms with Crippen LogP contribution in [0.3, 0.4) is 0 Å². The Hall–Kier alpha value is -1.21. The van der Waals surface area contributed by atoms with Crippen LogP contribution in [-0.4, -0.2) is 35.0 Å². The van der Waals surface area contributed by atoms with Gasteiger partial charge in [0, 0.05) is 12.5 Å². The van der Waals surface area contributed by atoms with Gasteiger partial charge in [0.1, 0.15) is 6.23 Å². The van der Waals surface area contributed by atoms with Gasteiger partial charge < -0.3 is 9.84 Å². The van der Waals surface area contributed by atoms with Crippen molar-refractivity contribution in [3.05, 3.63) is 0 Å². The van der Waals surface area contributed by atoms with E-state index in [1.165, 1.54) is 4.90 Å². The van der Waals surface area contributed by atoms with Crippen LogP contribution in [0.15, 0.2) is 0 Å². The Morgan fingerprint density at radius 2 is 2.19 bits per heavy atom. The van der Waals surface area contributed by atoms with E-state index in [0.29, 0.717) is 25.9 Å². The Morgan fingerprint density at radius 3 is 2.62 bits per heavy atom. The summed E-state index contributed by atoms with van der Waals surface area (Å²) >= 11 is 0. The summed E-state index contributed by atoms with van der Waals surface area (Å²) in [6, 6.07) is -0.0973. The molecule has 0 radical (unpaired) electrons. The molecular formula is C12H21NO3. The van der Waals surface area contributed by atoms with Crippen LogP contribution in [0.4, 0.5) is 4.79 Å². The minimum absolute atomic E-state index is 0.0973. The summed E-state index contributed by atoms with van der Waals surface area (Å²) in [4.78, 5) is 12.9. The molecule has 16 heavy (non-hydrogen) atoms. The first-order valence-corrected chi connectivity index (χ1v) is 5.61. The fourth-order valence-corrected chi connectivity index (χ4v) is 1.40. The molecule has 4 heteroatoms. The summed E-state index contributed by atoms with van der Waals surface area (Å²) < 4.78 is 4.88. The van der Waals surface area contributed by atoms with Crippen LogP contribution >= 0.6 is 0 Å². The van der Waals surface area contributed by atoms with Crippen LogP contribution in [0.25, 0.3) is 0 Å². The van der Waals surface area contributed by atoms with E-state index < -0.39 is 12.3 Å². The Balaban J connectivity index is 4.30. The summed E-state index contributed by atoms with van der Waals surface area (Å²) in [5.41, 5.74) is 0. The van der Waals surface area contributed by atoms with Gasteiger partial charge in [-0.05, 0) is 33.6 Å². The van der Waals surface area contributed by atoms with Crippen molar-refractivity contribution < 1.29 is 14.6 Å². The van der Waals surface area contributed by atoms with Gasteiger partial charge in [-0.3, -0.25) is 4.90 Å². The Labute approximate surface area is 97.6 Å². The molecule has 0 aromatic carbocycles. The Kier molecular flexibility index (Phi) is 7.40. The number of nitrogens with zero attached hydrogens (tertiary/aromatic N) is 1. The number of aliphatic hydroxyl groups excluding tert-OH is 1. The van der Waals surface area contributed by atoms with Gasteiger partial charge in [-0.25, -0.2) is 4.79 Å². The van der Waals surface area contributed by atoms with Crippen molar-refractivity contribution >= 4 is 6.09 Å². The van der Waals surface area contributed by atoms with Gasteiger partial charge in [-0.1, -0.05) is 0 Å². The summed E-state index contributed by atoms with van der Waals surface area (Å²) in [6.07, 6.45) is 5.59. The number of unbranched alkanes of at least 4 members (excludes halogenated alkanes) is 1. The first-order chi connectivity index (χ1) is 7.54. The van der Waals surface area contributed by atoms with Crippen molar-refractivity contribution in [2.45, 2.75) is 52.3 Å². The maximum absolute atomic E-state index is 11.6. The quantitative estimate of drug-likeness (QED) is 0.429. The molecule has 0 bridgehead atoms. The molecule has 0 aromatic rings. The second kappa shape index (κ2) is 8.00. The fourth-order valence-electron chi connectivity index (χ4n) is 1.40. The van der Waals surface area contributed by atoms with Gasteiger partial charge in [0.25, 0.3) is 0 Å². The van der Waals surface area contributed by atoms with E-state index in [-0.39, 0.29) is 6.04 Å². The molecule has 0 spiro atoms. The van der Waals surface area contributed by atoms with Gasteiger partial charge in [0.15, 0.2) is 0 Å². The third-order valence-electron chi connectivity index (χ3n) is 2.14. The highest BCUT2D eigenvalue weighted by atomic mass is 16.6. The number of rotatable bonds is 6. The van der Waals surface area contributed by atoms with E-state index in [4.69, 9.17) is 11.2 Å². The molecule has 1 unspecified atom stereocenters. The summed E-state index contributed by atoms with van der Waals surface area (Å²) in [6.45, 7) is 5.71. The smallest absolute Gasteiger partial charge is 0.412 e. The molecule has 1 amide bonds. The predicted octanol–water partition coefficient (Wildman–Crippen LogP) is 1.98. The first kappa shape index (κ1) is 14.8. The van der Waals surface area contributed by atoms with Crippen LogP contribution in [0.2, 0.25) is 0 Å². The molecule has 92 valence electrons. The monoisotopic (exact) mass is 227 g/mol. The van der Waals surface area contributed by atoms with Crippen molar-refractivity contribution in [3.63, 3.8) is 0 Å². The molecule has 0 saturated heterocycles. The van der Waals surface area contributed by atoms with Gasteiger partial charge in [-0.15, -0.1) is 12.3 Å². The molecule has 1 atom stereocenters. The zero-order valence-corrected chi connectivity index (χ0v) is 10.3. The SMILES string of the molecule is C#CCCCC(O)N(C(=O)OCC)C(C)C. The van der Waals surface area contributed by atoms with E-state index in [9.17, 15) is 9.90 Å². The van der Waals surface area contributed by atoms with Crippen molar-refractivity contribution in [2.24, 2.45) is 0 Å². The van der Waals surface area contributed by atoms with Crippen LogP contribution in [0.5, 0.6) is 0 Å². The molecule has 0 aromatic heterocycles. The lowest BCUT2D eigenvalue weighted by Crippen LogP contribution is -2.45. The molecule has 0 aliphatic rings. The molecule has 0 saturated carbocycles. The normalized spacial score (nSPS) is 12.0. The highest BCUT2D eigenvalue weighted by Crippen LogP contribution is 2.11. The summed E-state index contributed by atoms with van der Waals surface area (Å²) in [5.74, 6) is 2.50. The number of hydrogen-bond donors (Lipinski definition) is 1. The van der Waals surface area contributed by atoms with Crippen LogP contribution in [0.1, 0.15) is 40.0 Å². The van der Waals surface area contributed by atoms with Crippen LogP contribution in [-0.2, 0) is 4.74 Å². The standard InChI is InChI=1S/C12H21NO3/c1-5-7-8-9-11(14)13(10(3)4)12(15)16-6-2/h1,10-11,14H,6-9H2,2-4H3. The predicted molar refractivity (Wildman–Crippen MR) is 62.7 cm³/mol. The van der Waals surface area contributed by atoms with Crippen LogP contribution < -0.4 is 0 Å². The van der Waals surface area contributed by atoms with Gasteiger partial charge in [0.2, 0.25) is 0 Å². The lowest BCUT2D eigenvalue weighted by molar-refractivity contribution is -0.0198. The molecule has 0 fully saturated rings. The molecule has 1 N–H and O–H groups in total. The molecule has 0 rings (SSSR count). The maximum Gasteiger partial charge on any atom is 0.412 e. The molecule has 0 heterocycles. The zero-order valence-electron chi connectivity index (χ0n) is 10.3. The third-order valence-corrected chi connectivity index (χ3v) is 2.14. The molecule has 4 nitrogen and oxygen atoms in total. The highest BCUT2D eigenvalue weighted by Gasteiger charge is 2.24. The number of amides is 1. The van der Waals surface area contributed by atoms with Gasteiger partial charge in [-0.2, -0.15) is 0 Å². The minimum Gasteiger partial charge on any atom is -0.450 e. The van der Waals surface area contributed by atoms with E-state index in [1.54, 1.807) is 6.92 Å². The zero-order chi connectivity index (χ0) is 12.6. The molecule has 0 aliphatic carbocycles. The largest absolute Gasteiger partial charge is 0.450 e. The Bertz CT molecular complexity index is 245. The number of terminal acetylenes is 1. The third kappa shape index (κ3) is 5.04. The fraction of sp³-hybridized carbons (Fsp3) is 0.750. The van der Waals surface area contributed by atoms with Crippen molar-refractivity contribution in [1.82, 2.24) is 4.90 Å². The minimum atomic E-state index is -0.826. The number of aliphatic hydroxyl groups is 1. The average molecular weight is 227 g/mol. The van der Waals surface area contributed by atoms with Gasteiger partial charge in [0.05, 0.1) is 6.61 Å². The highest BCUT2D eigenvalue weighted by molar-refractivity contribution is 5.68. The number of ether oxygens (including phenoxy) is 1. The second-order valence-electron chi connectivity index (χ2n) is 3.78. The van der Waals surface area contributed by atoms with Crippen molar-refractivity contribution in [3.8, 4) is 12.3 Å². The first-order valence-electron chi connectivity index (χ1n) is 5.61. The Morgan fingerprint density at radius 1 is 1.56 bits per heavy atom. The van der Waals surface area contributed by atoms with E-state index in [1.807, 2.05) is 13.8 Å². The van der Waals surface area contributed by atoms with E-state index in [0.717, 1.165) is 0 Å². The second-order valence-corrected chi connectivity index (χ2v) is 3.78. The average Bonchev–Trinajstić information content (AvgIpc) is 2.18. The summed E-state index contributed by atoms with van der Waals surface area (Å²) in [7, 11) is 0. The number of carbonyl (C=O) groups is 1. The number of carbonyl (C=O) groups excluding carboxylic acids is 1. The van der Waals surface area contributed by atoms with Crippen LogP contribution in [0, 0.1) is 12.3 Å². The summed E-state index contributed by atoms with van der Waals surface area (Å²) in [5, 5.41) is 9.86. The topological polar surface area (TPSA) is 49.8 Å². The lowest BCUT2D eigenvalue weighted by atomic mass is 10.2.